The first-order chi connectivity index (χ1) is 14.2. The van der Waals surface area contributed by atoms with Crippen molar-refractivity contribution >= 4 is 35.8 Å². The summed E-state index contributed by atoms with van der Waals surface area (Å²) in [5.74, 6) is 1.64. The van der Waals surface area contributed by atoms with Gasteiger partial charge in [-0.3, -0.25) is 14.8 Å². The number of aliphatic imine (C=N–C) groups is 1. The van der Waals surface area contributed by atoms with E-state index in [0.29, 0.717) is 19.1 Å². The van der Waals surface area contributed by atoms with Gasteiger partial charge in [-0.2, -0.15) is 5.10 Å². The monoisotopic (exact) mass is 526 g/mol. The molecule has 1 aliphatic rings. The van der Waals surface area contributed by atoms with Crippen LogP contribution in [0.3, 0.4) is 0 Å². The van der Waals surface area contributed by atoms with Gasteiger partial charge >= 0.3 is 0 Å². The number of piperidine rings is 1. The van der Waals surface area contributed by atoms with Crippen molar-refractivity contribution in [2.75, 3.05) is 33.2 Å². The highest BCUT2D eigenvalue weighted by Crippen LogP contribution is 2.16. The molecule has 10 heteroatoms. The van der Waals surface area contributed by atoms with Crippen molar-refractivity contribution in [3.8, 4) is 11.4 Å². The molecule has 0 aliphatic carbocycles. The summed E-state index contributed by atoms with van der Waals surface area (Å²) in [7, 11) is 1.68. The van der Waals surface area contributed by atoms with Gasteiger partial charge in [0, 0.05) is 38.3 Å². The fourth-order valence-electron chi connectivity index (χ4n) is 3.36. The summed E-state index contributed by atoms with van der Waals surface area (Å²) >= 11 is 0. The largest absolute Gasteiger partial charge is 0.358 e. The van der Waals surface area contributed by atoms with E-state index in [1.54, 1.807) is 7.05 Å². The molecule has 0 atom stereocenters. The van der Waals surface area contributed by atoms with Crippen molar-refractivity contribution in [1.82, 2.24) is 36.0 Å². The van der Waals surface area contributed by atoms with Crippen LogP contribution in [0.2, 0.25) is 0 Å². The zero-order valence-electron chi connectivity index (χ0n) is 17.5. The molecular weight excluding hydrogens is 495 g/mol. The number of nitrogens with one attached hydrogen (secondary N) is 4. The fraction of sp³-hybridized carbons (Fsp3) is 0.500. The predicted molar refractivity (Wildman–Crippen MR) is 129 cm³/mol. The van der Waals surface area contributed by atoms with E-state index in [4.69, 9.17) is 4.99 Å². The Morgan fingerprint density at radius 3 is 2.80 bits per heavy atom. The summed E-state index contributed by atoms with van der Waals surface area (Å²) in [6.45, 7) is 5.73. The number of likely N-dealkylation sites (tertiary alicyclic amines) is 1. The lowest BCUT2D eigenvalue weighted by Crippen LogP contribution is -2.50. The zero-order valence-corrected chi connectivity index (χ0v) is 19.8. The summed E-state index contributed by atoms with van der Waals surface area (Å²) in [5.41, 5.74) is 2.10. The van der Waals surface area contributed by atoms with Crippen LogP contribution in [-0.4, -0.2) is 71.2 Å². The van der Waals surface area contributed by atoms with Gasteiger partial charge in [0.1, 0.15) is 6.33 Å². The predicted octanol–water partition coefficient (Wildman–Crippen LogP) is 1.36. The van der Waals surface area contributed by atoms with Crippen LogP contribution in [0.1, 0.15) is 25.3 Å². The summed E-state index contributed by atoms with van der Waals surface area (Å²) in [6.07, 6.45) is 3.48. The molecule has 1 fully saturated rings. The van der Waals surface area contributed by atoms with Crippen molar-refractivity contribution in [1.29, 1.82) is 0 Å². The molecule has 164 valence electrons. The van der Waals surface area contributed by atoms with Crippen LogP contribution in [0.25, 0.3) is 11.4 Å². The smallest absolute Gasteiger partial charge is 0.233 e. The number of aromatic amines is 1. The number of nitrogens with zero attached hydrogens (tertiary/aromatic N) is 4. The molecule has 1 aromatic heterocycles. The molecule has 0 saturated carbocycles. The standard InChI is InChI=1S/C20H30N8O.HI/c1-3-22-20(26-17-7-9-28(10-8-17)13-18(29)21-2)23-12-15-5-4-6-16(11-15)19-24-14-25-27-19;/h4-6,11,14,17H,3,7-10,12-13H2,1-2H3,(H,21,29)(H2,22,23,26)(H,24,25,27);1H. The van der Waals surface area contributed by atoms with E-state index < -0.39 is 0 Å². The number of amides is 1. The van der Waals surface area contributed by atoms with E-state index in [1.165, 1.54) is 6.33 Å². The van der Waals surface area contributed by atoms with Crippen LogP contribution >= 0.6 is 24.0 Å². The van der Waals surface area contributed by atoms with Crippen LogP contribution in [-0.2, 0) is 11.3 Å². The van der Waals surface area contributed by atoms with Crippen LogP contribution in [0.15, 0.2) is 35.6 Å². The van der Waals surface area contributed by atoms with Crippen molar-refractivity contribution in [3.05, 3.63) is 36.2 Å². The lowest BCUT2D eigenvalue weighted by atomic mass is 10.1. The van der Waals surface area contributed by atoms with E-state index in [0.717, 1.165) is 55.4 Å². The van der Waals surface area contributed by atoms with Crippen LogP contribution < -0.4 is 16.0 Å². The quantitative estimate of drug-likeness (QED) is 0.247. The highest BCUT2D eigenvalue weighted by Gasteiger charge is 2.21. The molecular formula is C20H31IN8O. The Labute approximate surface area is 194 Å². The molecule has 30 heavy (non-hydrogen) atoms. The third-order valence-corrected chi connectivity index (χ3v) is 4.95. The average molecular weight is 526 g/mol. The Balaban J connectivity index is 0.00000320. The Kier molecular flexibility index (Phi) is 10.0. The molecule has 2 aromatic rings. The maximum Gasteiger partial charge on any atom is 0.233 e. The maximum atomic E-state index is 11.5. The molecule has 9 nitrogen and oxygen atoms in total. The minimum absolute atomic E-state index is 0. The molecule has 2 heterocycles. The first kappa shape index (κ1) is 24.1. The Hall–Kier alpha value is -2.21. The molecule has 0 unspecified atom stereocenters. The van der Waals surface area contributed by atoms with Gasteiger partial charge in [-0.1, -0.05) is 18.2 Å². The molecule has 0 bridgehead atoms. The van der Waals surface area contributed by atoms with Crippen molar-refractivity contribution in [3.63, 3.8) is 0 Å². The number of hydrogen-bond donors (Lipinski definition) is 4. The number of carbonyl (C=O) groups is 1. The van der Waals surface area contributed by atoms with Gasteiger partial charge in [-0.05, 0) is 31.4 Å². The number of guanidine groups is 1. The number of likely N-dealkylation sites (N-methyl/N-ethyl adjacent to an activating group) is 1. The van der Waals surface area contributed by atoms with E-state index >= 15 is 0 Å². The maximum absolute atomic E-state index is 11.5. The van der Waals surface area contributed by atoms with E-state index in [9.17, 15) is 4.79 Å². The molecule has 1 saturated heterocycles. The molecule has 4 N–H and O–H groups in total. The van der Waals surface area contributed by atoms with Crippen LogP contribution in [0, 0.1) is 0 Å². The van der Waals surface area contributed by atoms with Gasteiger partial charge in [0.25, 0.3) is 0 Å². The van der Waals surface area contributed by atoms with Gasteiger partial charge in [0.15, 0.2) is 11.8 Å². The third kappa shape index (κ3) is 7.24. The lowest BCUT2D eigenvalue weighted by molar-refractivity contribution is -0.122. The minimum atomic E-state index is 0. The molecule has 1 aromatic carbocycles. The third-order valence-electron chi connectivity index (χ3n) is 4.95. The van der Waals surface area contributed by atoms with Gasteiger partial charge in [0.2, 0.25) is 5.91 Å². The number of rotatable bonds is 7. The molecule has 1 aliphatic heterocycles. The molecule has 1 amide bonds. The van der Waals surface area contributed by atoms with Crippen molar-refractivity contribution < 1.29 is 4.79 Å². The summed E-state index contributed by atoms with van der Waals surface area (Å²) in [4.78, 5) is 22.7. The first-order valence-electron chi connectivity index (χ1n) is 10.1. The lowest BCUT2D eigenvalue weighted by Gasteiger charge is -2.32. The van der Waals surface area contributed by atoms with Gasteiger partial charge in [-0.25, -0.2) is 9.98 Å². The van der Waals surface area contributed by atoms with E-state index in [-0.39, 0.29) is 29.9 Å². The molecule has 0 radical (unpaired) electrons. The second-order valence-electron chi connectivity index (χ2n) is 7.10. The SMILES string of the molecule is CCNC(=NCc1cccc(-c2ncn[nH]2)c1)NC1CCN(CC(=O)NC)CC1.I. The number of H-pyrrole nitrogens is 1. The second-order valence-corrected chi connectivity index (χ2v) is 7.10. The van der Waals surface area contributed by atoms with Gasteiger partial charge < -0.3 is 16.0 Å². The number of aromatic nitrogens is 3. The fourth-order valence-corrected chi connectivity index (χ4v) is 3.36. The van der Waals surface area contributed by atoms with E-state index in [2.05, 4.69) is 55.1 Å². The van der Waals surface area contributed by atoms with Gasteiger partial charge in [0.05, 0.1) is 13.1 Å². The molecule has 0 spiro atoms. The van der Waals surface area contributed by atoms with Crippen molar-refractivity contribution in [2.45, 2.75) is 32.4 Å². The van der Waals surface area contributed by atoms with Gasteiger partial charge in [-0.15, -0.1) is 24.0 Å². The highest BCUT2D eigenvalue weighted by molar-refractivity contribution is 14.0. The number of halogens is 1. The first-order valence-corrected chi connectivity index (χ1v) is 10.1. The minimum Gasteiger partial charge on any atom is -0.358 e. The van der Waals surface area contributed by atoms with Crippen LogP contribution in [0.5, 0.6) is 0 Å². The number of carbonyl (C=O) groups excluding carboxylic acids is 1. The topological polar surface area (TPSA) is 110 Å². The average Bonchev–Trinajstić information content (AvgIpc) is 3.29. The Morgan fingerprint density at radius 1 is 1.33 bits per heavy atom. The second kappa shape index (κ2) is 12.5. The normalized spacial score (nSPS) is 15.3. The van der Waals surface area contributed by atoms with Crippen LogP contribution in [0.4, 0.5) is 0 Å². The zero-order chi connectivity index (χ0) is 20.5. The Morgan fingerprint density at radius 2 is 2.13 bits per heavy atom. The summed E-state index contributed by atoms with van der Waals surface area (Å²) in [6, 6.07) is 8.50. The highest BCUT2D eigenvalue weighted by atomic mass is 127. The Bertz CT molecular complexity index is 803. The molecule has 3 rings (SSSR count). The van der Waals surface area contributed by atoms with E-state index in [1.807, 2.05) is 12.1 Å². The number of hydrogen-bond acceptors (Lipinski definition) is 5. The van der Waals surface area contributed by atoms with Crippen molar-refractivity contribution in [2.24, 2.45) is 4.99 Å². The summed E-state index contributed by atoms with van der Waals surface area (Å²) in [5, 5.41) is 16.3. The number of benzene rings is 1. The summed E-state index contributed by atoms with van der Waals surface area (Å²) < 4.78 is 0.